The Morgan fingerprint density at radius 2 is 2.14 bits per heavy atom. The normalized spacial score (nSPS) is 11.0. The maximum Gasteiger partial charge on any atom is 0.144 e. The van der Waals surface area contributed by atoms with Gasteiger partial charge < -0.3 is 15.8 Å². The molecule has 3 N–H and O–H groups in total. The number of pyridine rings is 1. The van der Waals surface area contributed by atoms with E-state index in [0.717, 1.165) is 29.1 Å². The average Bonchev–Trinajstić information content (AvgIpc) is 2.87. The molecule has 5 nitrogen and oxygen atoms in total. The number of nitrogens with two attached hydrogens (primary N) is 1. The van der Waals surface area contributed by atoms with Crippen LogP contribution in [-0.4, -0.2) is 23.5 Å². The van der Waals surface area contributed by atoms with Crippen molar-refractivity contribution < 1.29 is 4.74 Å². The molecular formula is C16H18N4O. The second kappa shape index (κ2) is 5.46. The highest BCUT2D eigenvalue weighted by atomic mass is 16.5. The van der Waals surface area contributed by atoms with Gasteiger partial charge in [0.05, 0.1) is 24.0 Å². The first-order valence-electron chi connectivity index (χ1n) is 6.79. The van der Waals surface area contributed by atoms with E-state index in [-0.39, 0.29) is 0 Å². The fourth-order valence-corrected chi connectivity index (χ4v) is 2.48. The van der Waals surface area contributed by atoms with Gasteiger partial charge in [-0.15, -0.1) is 0 Å². The van der Waals surface area contributed by atoms with Crippen LogP contribution in [0.2, 0.25) is 0 Å². The molecule has 0 bridgehead atoms. The summed E-state index contributed by atoms with van der Waals surface area (Å²) in [7, 11) is 3.53. The quantitative estimate of drug-likeness (QED) is 0.721. The molecule has 5 heteroatoms. The van der Waals surface area contributed by atoms with E-state index in [4.69, 9.17) is 15.5 Å². The molecule has 21 heavy (non-hydrogen) atoms. The summed E-state index contributed by atoms with van der Waals surface area (Å²) in [5.74, 6) is 1.56. The summed E-state index contributed by atoms with van der Waals surface area (Å²) < 4.78 is 7.28. The number of fused-ring (bicyclic) bond motifs is 1. The zero-order valence-electron chi connectivity index (χ0n) is 12.1. The summed E-state index contributed by atoms with van der Waals surface area (Å²) in [6.45, 7) is 0.721. The van der Waals surface area contributed by atoms with Crippen molar-refractivity contribution in [3.05, 3.63) is 48.3 Å². The fourth-order valence-electron chi connectivity index (χ4n) is 2.48. The maximum atomic E-state index is 6.00. The van der Waals surface area contributed by atoms with Gasteiger partial charge in [-0.05, 0) is 37.4 Å². The molecule has 0 aliphatic carbocycles. The zero-order valence-corrected chi connectivity index (χ0v) is 12.1. The second-order valence-corrected chi connectivity index (χ2v) is 4.83. The molecule has 0 aliphatic heterocycles. The summed E-state index contributed by atoms with van der Waals surface area (Å²) >= 11 is 0. The number of imidazole rings is 1. The van der Waals surface area contributed by atoms with Gasteiger partial charge in [0.15, 0.2) is 0 Å². The highest BCUT2D eigenvalue weighted by molar-refractivity contribution is 5.70. The Hall–Kier alpha value is -2.53. The predicted octanol–water partition coefficient (Wildman–Crippen LogP) is 2.31. The minimum atomic E-state index is 0.609. The lowest BCUT2D eigenvalue weighted by Gasteiger charge is -2.06. The van der Waals surface area contributed by atoms with Crippen molar-refractivity contribution in [1.82, 2.24) is 14.7 Å². The number of nitrogens with zero attached hydrogens (tertiary/aromatic N) is 2. The fraction of sp³-hybridized carbons (Fsp3) is 0.188. The van der Waals surface area contributed by atoms with Gasteiger partial charge in [-0.25, -0.2) is 4.98 Å². The first-order valence-corrected chi connectivity index (χ1v) is 6.79. The molecule has 2 heterocycles. The van der Waals surface area contributed by atoms with E-state index >= 15 is 0 Å². The summed E-state index contributed by atoms with van der Waals surface area (Å²) in [5.41, 5.74) is 9.69. The Bertz CT molecular complexity index is 779. The topological polar surface area (TPSA) is 64.6 Å². The lowest BCUT2D eigenvalue weighted by atomic mass is 10.2. The Labute approximate surface area is 123 Å². The van der Waals surface area contributed by atoms with E-state index in [0.29, 0.717) is 11.4 Å². The molecule has 0 radical (unpaired) electrons. The van der Waals surface area contributed by atoms with Crippen LogP contribution in [0.25, 0.3) is 16.9 Å². The van der Waals surface area contributed by atoms with Crippen molar-refractivity contribution in [2.24, 2.45) is 0 Å². The molecule has 1 aromatic carbocycles. The Morgan fingerprint density at radius 1 is 1.29 bits per heavy atom. The van der Waals surface area contributed by atoms with Gasteiger partial charge in [0.1, 0.15) is 11.6 Å². The maximum absolute atomic E-state index is 6.00. The van der Waals surface area contributed by atoms with Crippen LogP contribution in [-0.2, 0) is 6.54 Å². The molecule has 3 aromatic rings. The Kier molecular flexibility index (Phi) is 3.50. The van der Waals surface area contributed by atoms with Gasteiger partial charge in [-0.3, -0.25) is 4.40 Å². The largest absolute Gasteiger partial charge is 0.495 e. The van der Waals surface area contributed by atoms with Crippen LogP contribution in [0.1, 0.15) is 5.69 Å². The molecule has 0 spiro atoms. The standard InChI is InChI=1S/C16H18N4O/c1-18-10-13-14-5-3-4-8-20(14)16(19-13)11-6-7-15(21-2)12(17)9-11/h3-9,18H,10,17H2,1-2H3. The molecule has 0 saturated carbocycles. The van der Waals surface area contributed by atoms with E-state index in [1.807, 2.05) is 43.6 Å². The van der Waals surface area contributed by atoms with E-state index in [2.05, 4.69) is 15.8 Å². The molecule has 0 fully saturated rings. The summed E-state index contributed by atoms with van der Waals surface area (Å²) in [6, 6.07) is 11.8. The number of nitrogens with one attached hydrogen (secondary N) is 1. The van der Waals surface area contributed by atoms with Crippen molar-refractivity contribution in [2.45, 2.75) is 6.54 Å². The molecule has 0 atom stereocenters. The van der Waals surface area contributed by atoms with E-state index in [9.17, 15) is 0 Å². The van der Waals surface area contributed by atoms with Crippen LogP contribution < -0.4 is 15.8 Å². The van der Waals surface area contributed by atoms with Crippen molar-refractivity contribution in [1.29, 1.82) is 0 Å². The molecule has 0 unspecified atom stereocenters. The van der Waals surface area contributed by atoms with Gasteiger partial charge in [0.25, 0.3) is 0 Å². The summed E-state index contributed by atoms with van der Waals surface area (Å²) in [6.07, 6.45) is 2.01. The number of hydrogen-bond acceptors (Lipinski definition) is 4. The number of anilines is 1. The van der Waals surface area contributed by atoms with Crippen molar-refractivity contribution in [3.63, 3.8) is 0 Å². The monoisotopic (exact) mass is 282 g/mol. The van der Waals surface area contributed by atoms with Crippen molar-refractivity contribution >= 4 is 11.2 Å². The molecule has 3 rings (SSSR count). The van der Waals surface area contributed by atoms with Crippen LogP contribution in [0.3, 0.4) is 0 Å². The smallest absolute Gasteiger partial charge is 0.144 e. The SMILES string of the molecule is CNCc1nc(-c2ccc(OC)c(N)c2)n2ccccc12. The third kappa shape index (κ3) is 2.32. The number of aromatic nitrogens is 2. The van der Waals surface area contributed by atoms with Gasteiger partial charge >= 0.3 is 0 Å². The van der Waals surface area contributed by atoms with E-state index in [1.54, 1.807) is 7.11 Å². The van der Waals surface area contributed by atoms with Gasteiger partial charge in [0, 0.05) is 18.3 Å². The van der Waals surface area contributed by atoms with Gasteiger partial charge in [0.2, 0.25) is 0 Å². The minimum absolute atomic E-state index is 0.609. The number of ether oxygens (including phenoxy) is 1. The van der Waals surface area contributed by atoms with Crippen LogP contribution in [0, 0.1) is 0 Å². The molecule has 2 aromatic heterocycles. The van der Waals surface area contributed by atoms with Crippen LogP contribution in [0.5, 0.6) is 5.75 Å². The van der Waals surface area contributed by atoms with Gasteiger partial charge in [-0.1, -0.05) is 6.07 Å². The highest BCUT2D eigenvalue weighted by Gasteiger charge is 2.12. The molecule has 0 aliphatic rings. The van der Waals surface area contributed by atoms with E-state index < -0.39 is 0 Å². The van der Waals surface area contributed by atoms with Crippen molar-refractivity contribution in [3.8, 4) is 17.1 Å². The molecular weight excluding hydrogens is 264 g/mol. The predicted molar refractivity (Wildman–Crippen MR) is 84.4 cm³/mol. The minimum Gasteiger partial charge on any atom is -0.495 e. The van der Waals surface area contributed by atoms with Crippen LogP contribution >= 0.6 is 0 Å². The molecule has 108 valence electrons. The number of rotatable bonds is 4. The second-order valence-electron chi connectivity index (χ2n) is 4.83. The first kappa shape index (κ1) is 13.5. The van der Waals surface area contributed by atoms with Crippen LogP contribution in [0.4, 0.5) is 5.69 Å². The Morgan fingerprint density at radius 3 is 2.86 bits per heavy atom. The third-order valence-electron chi connectivity index (χ3n) is 3.46. The molecule has 0 amide bonds. The summed E-state index contributed by atoms with van der Waals surface area (Å²) in [5, 5.41) is 3.15. The van der Waals surface area contributed by atoms with Gasteiger partial charge in [-0.2, -0.15) is 0 Å². The number of benzene rings is 1. The first-order chi connectivity index (χ1) is 10.2. The van der Waals surface area contributed by atoms with Crippen molar-refractivity contribution in [2.75, 3.05) is 19.9 Å². The lowest BCUT2D eigenvalue weighted by Crippen LogP contribution is -2.05. The Balaban J connectivity index is 2.18. The highest BCUT2D eigenvalue weighted by Crippen LogP contribution is 2.29. The number of methoxy groups -OCH3 is 1. The zero-order chi connectivity index (χ0) is 14.8. The molecule has 0 saturated heterocycles. The average molecular weight is 282 g/mol. The van der Waals surface area contributed by atoms with Crippen LogP contribution in [0.15, 0.2) is 42.6 Å². The number of nitrogen functional groups attached to an aromatic ring is 1. The number of hydrogen-bond donors (Lipinski definition) is 2. The lowest BCUT2D eigenvalue weighted by molar-refractivity contribution is 0.417. The van der Waals surface area contributed by atoms with E-state index in [1.165, 1.54) is 0 Å². The summed E-state index contributed by atoms with van der Waals surface area (Å²) in [4.78, 5) is 4.75. The third-order valence-corrected chi connectivity index (χ3v) is 3.46.